The summed E-state index contributed by atoms with van der Waals surface area (Å²) in [5.41, 5.74) is 0. The molecule has 1 aromatic rings. The lowest BCUT2D eigenvalue weighted by Crippen LogP contribution is -2.46. The molecule has 1 rings (SSSR count). The third kappa shape index (κ3) is 7.00. The van der Waals surface area contributed by atoms with Crippen LogP contribution in [0.15, 0.2) is 6.07 Å². The number of halogens is 5. The van der Waals surface area contributed by atoms with E-state index in [4.69, 9.17) is 8.85 Å². The van der Waals surface area contributed by atoms with Crippen molar-refractivity contribution in [3.8, 4) is 5.75 Å². The summed E-state index contributed by atoms with van der Waals surface area (Å²) in [6, 6.07) is -0.0106. The van der Waals surface area contributed by atoms with Gasteiger partial charge >= 0.3 is 14.9 Å². The van der Waals surface area contributed by atoms with E-state index >= 15 is 0 Å². The topological polar surface area (TPSA) is 68.2 Å². The zero-order valence-corrected chi connectivity index (χ0v) is 16.8. The van der Waals surface area contributed by atoms with Gasteiger partial charge in [0.1, 0.15) is 0 Å². The van der Waals surface area contributed by atoms with Crippen molar-refractivity contribution in [2.24, 2.45) is 0 Å². The standard InChI is InChI=1S/C16H22F5NO5Si/c1-9(2)26-28(24,27-10(3)4)7-5-6-22(21)16(23)25-12-8-11(17)13(18)15(20)14(12)19/h8-10,24H,5-7H2,1-4H3. The maximum Gasteiger partial charge on any atom is 0.498 e. The molecule has 0 aliphatic heterocycles. The number of amides is 1. The smallest absolute Gasteiger partial charge is 0.405 e. The van der Waals surface area contributed by atoms with Crippen LogP contribution in [0.5, 0.6) is 5.75 Å². The second kappa shape index (κ2) is 10.1. The average Bonchev–Trinajstić information content (AvgIpc) is 2.55. The van der Waals surface area contributed by atoms with Gasteiger partial charge in [0.15, 0.2) is 17.4 Å². The molecule has 1 amide bonds. The molecule has 0 radical (unpaired) electrons. The molecule has 160 valence electrons. The summed E-state index contributed by atoms with van der Waals surface area (Å²) in [5, 5.41) is -0.488. The number of hydrogen-bond acceptors (Lipinski definition) is 5. The molecule has 0 aliphatic carbocycles. The lowest BCUT2D eigenvalue weighted by atomic mass is 10.3. The number of carbonyl (C=O) groups excluding carboxylic acids is 1. The Morgan fingerprint density at radius 2 is 1.61 bits per heavy atom. The quantitative estimate of drug-likeness (QED) is 0.210. The van der Waals surface area contributed by atoms with Crippen LogP contribution in [0.4, 0.5) is 26.8 Å². The van der Waals surface area contributed by atoms with Gasteiger partial charge in [-0.05, 0) is 34.1 Å². The summed E-state index contributed by atoms with van der Waals surface area (Å²) in [6.45, 7) is 6.10. The minimum absolute atomic E-state index is 0.0815. The first-order chi connectivity index (χ1) is 12.9. The lowest BCUT2D eigenvalue weighted by molar-refractivity contribution is 0.0285. The fourth-order valence-corrected chi connectivity index (χ4v) is 4.55. The van der Waals surface area contributed by atoms with Gasteiger partial charge in [0.05, 0.1) is 6.54 Å². The van der Waals surface area contributed by atoms with Gasteiger partial charge in [0.2, 0.25) is 11.6 Å². The summed E-state index contributed by atoms with van der Waals surface area (Å²) in [7, 11) is -3.63. The summed E-state index contributed by atoms with van der Waals surface area (Å²) in [4.78, 5) is 22.0. The molecule has 0 bridgehead atoms. The molecule has 0 spiro atoms. The Labute approximate surface area is 160 Å². The third-order valence-corrected chi connectivity index (χ3v) is 5.82. The summed E-state index contributed by atoms with van der Waals surface area (Å²) in [5.74, 6) is -9.37. The fraction of sp³-hybridized carbons (Fsp3) is 0.562. The Morgan fingerprint density at radius 3 is 2.11 bits per heavy atom. The lowest BCUT2D eigenvalue weighted by Gasteiger charge is -2.28. The molecule has 0 fully saturated rings. The van der Waals surface area contributed by atoms with E-state index < -0.39 is 55.6 Å². The number of ether oxygens (including phenoxy) is 1. The molecule has 0 unspecified atom stereocenters. The van der Waals surface area contributed by atoms with Crippen molar-refractivity contribution in [1.82, 2.24) is 5.12 Å². The van der Waals surface area contributed by atoms with Crippen molar-refractivity contribution in [2.75, 3.05) is 6.54 Å². The van der Waals surface area contributed by atoms with Crippen LogP contribution in [-0.2, 0) is 8.85 Å². The second-order valence-electron chi connectivity index (χ2n) is 6.40. The highest BCUT2D eigenvalue weighted by Gasteiger charge is 2.39. The van der Waals surface area contributed by atoms with E-state index in [1.165, 1.54) is 0 Å². The molecule has 28 heavy (non-hydrogen) atoms. The molecule has 1 N–H and O–H groups in total. The number of carbonyl (C=O) groups is 1. The van der Waals surface area contributed by atoms with E-state index in [9.17, 15) is 31.6 Å². The van der Waals surface area contributed by atoms with Gasteiger partial charge < -0.3 is 18.4 Å². The van der Waals surface area contributed by atoms with Crippen molar-refractivity contribution < 1.29 is 45.2 Å². The van der Waals surface area contributed by atoms with Crippen molar-refractivity contribution >= 4 is 14.9 Å². The minimum Gasteiger partial charge on any atom is -0.405 e. The van der Waals surface area contributed by atoms with Gasteiger partial charge in [0.25, 0.3) is 0 Å². The molecule has 0 saturated carbocycles. The Morgan fingerprint density at radius 1 is 1.07 bits per heavy atom. The van der Waals surface area contributed by atoms with E-state index in [-0.39, 0.29) is 30.7 Å². The normalized spacial score (nSPS) is 12.0. The van der Waals surface area contributed by atoms with Crippen LogP contribution >= 0.6 is 0 Å². The monoisotopic (exact) mass is 431 g/mol. The Bertz CT molecular complexity index is 682. The largest absolute Gasteiger partial charge is 0.498 e. The number of benzene rings is 1. The van der Waals surface area contributed by atoms with Crippen LogP contribution in [-0.4, -0.2) is 43.6 Å². The highest BCUT2D eigenvalue weighted by atomic mass is 28.4. The predicted molar refractivity (Wildman–Crippen MR) is 90.0 cm³/mol. The molecule has 6 nitrogen and oxygen atoms in total. The van der Waals surface area contributed by atoms with Crippen molar-refractivity contribution in [1.29, 1.82) is 0 Å². The van der Waals surface area contributed by atoms with Gasteiger partial charge in [-0.1, -0.05) is 4.48 Å². The van der Waals surface area contributed by atoms with Crippen molar-refractivity contribution in [2.45, 2.75) is 52.4 Å². The molecule has 0 atom stereocenters. The summed E-state index contributed by atoms with van der Waals surface area (Å²) >= 11 is 0. The Hall–Kier alpha value is -1.76. The van der Waals surface area contributed by atoms with E-state index in [1.54, 1.807) is 27.7 Å². The molecule has 12 heteroatoms. The average molecular weight is 431 g/mol. The van der Waals surface area contributed by atoms with Crippen LogP contribution in [0.1, 0.15) is 34.1 Å². The highest BCUT2D eigenvalue weighted by molar-refractivity contribution is 6.59. The summed E-state index contributed by atoms with van der Waals surface area (Å²) in [6.07, 6.45) is -2.59. The van der Waals surface area contributed by atoms with Crippen LogP contribution in [0.25, 0.3) is 0 Å². The van der Waals surface area contributed by atoms with E-state index in [1.807, 2.05) is 0 Å². The number of nitrogens with zero attached hydrogens (tertiary/aromatic N) is 1. The second-order valence-corrected chi connectivity index (χ2v) is 8.80. The molecular formula is C16H22F5NO5Si. The Kier molecular flexibility index (Phi) is 8.79. The maximum atomic E-state index is 13.8. The van der Waals surface area contributed by atoms with Crippen LogP contribution in [0.3, 0.4) is 0 Å². The van der Waals surface area contributed by atoms with E-state index in [2.05, 4.69) is 4.74 Å². The van der Waals surface area contributed by atoms with E-state index in [0.717, 1.165) is 0 Å². The van der Waals surface area contributed by atoms with Crippen LogP contribution in [0.2, 0.25) is 6.04 Å². The van der Waals surface area contributed by atoms with E-state index in [0.29, 0.717) is 0 Å². The van der Waals surface area contributed by atoms with Crippen LogP contribution < -0.4 is 4.74 Å². The molecule has 1 aromatic carbocycles. The SMILES string of the molecule is CC(C)O[Si](O)(CCCN(F)C(=O)Oc1cc(F)c(F)c(F)c1F)OC(C)C. The van der Waals surface area contributed by atoms with Gasteiger partial charge in [-0.2, -0.15) is 4.39 Å². The summed E-state index contributed by atoms with van der Waals surface area (Å²) < 4.78 is 81.3. The zero-order chi connectivity index (χ0) is 21.6. The fourth-order valence-electron chi connectivity index (χ4n) is 2.18. The molecule has 0 saturated heterocycles. The van der Waals surface area contributed by atoms with Gasteiger partial charge in [-0.15, -0.1) is 5.12 Å². The minimum atomic E-state index is -3.63. The Balaban J connectivity index is 2.68. The molecule has 0 heterocycles. The van der Waals surface area contributed by atoms with Crippen molar-refractivity contribution in [3.05, 3.63) is 29.3 Å². The van der Waals surface area contributed by atoms with Gasteiger partial charge in [-0.25, -0.2) is 18.0 Å². The first-order valence-corrected chi connectivity index (χ1v) is 10.4. The molecule has 0 aliphatic rings. The maximum absolute atomic E-state index is 13.8. The first kappa shape index (κ1) is 24.3. The highest BCUT2D eigenvalue weighted by Crippen LogP contribution is 2.25. The molecular weight excluding hydrogens is 409 g/mol. The molecule has 0 aromatic heterocycles. The third-order valence-electron chi connectivity index (χ3n) is 3.15. The first-order valence-electron chi connectivity index (χ1n) is 8.42. The predicted octanol–water partition coefficient (Wildman–Crippen LogP) is 4.10. The number of hydrogen-bond donors (Lipinski definition) is 1. The van der Waals surface area contributed by atoms with Crippen LogP contribution in [0, 0.1) is 23.3 Å². The number of rotatable bonds is 9. The van der Waals surface area contributed by atoms with Crippen molar-refractivity contribution in [3.63, 3.8) is 0 Å². The van der Waals surface area contributed by atoms with Gasteiger partial charge in [0, 0.05) is 24.3 Å². The zero-order valence-electron chi connectivity index (χ0n) is 15.8. The van der Waals surface area contributed by atoms with Gasteiger partial charge in [-0.3, -0.25) is 0 Å².